The van der Waals surface area contributed by atoms with Gasteiger partial charge < -0.3 is 15.2 Å². The zero-order valence-electron chi connectivity index (χ0n) is 14.3. The van der Waals surface area contributed by atoms with E-state index in [1.807, 2.05) is 25.3 Å². The van der Waals surface area contributed by atoms with E-state index in [9.17, 15) is 4.79 Å². The van der Waals surface area contributed by atoms with Crippen molar-refractivity contribution in [3.63, 3.8) is 0 Å². The quantitative estimate of drug-likeness (QED) is 0.862. The van der Waals surface area contributed by atoms with E-state index >= 15 is 0 Å². The molecule has 3 rings (SSSR count). The maximum atomic E-state index is 12.1. The lowest BCUT2D eigenvalue weighted by Crippen LogP contribution is -2.47. The lowest BCUT2D eigenvalue weighted by molar-refractivity contribution is 0.185. The summed E-state index contributed by atoms with van der Waals surface area (Å²) in [4.78, 5) is 16.0. The van der Waals surface area contributed by atoms with Crippen LogP contribution in [0.15, 0.2) is 17.8 Å². The van der Waals surface area contributed by atoms with Gasteiger partial charge in [0.25, 0.3) is 0 Å². The number of aryl methyl sites for hydroxylation is 1. The fraction of sp³-hybridized carbons (Fsp3) is 0.562. The van der Waals surface area contributed by atoms with Gasteiger partial charge in [-0.15, -0.1) is 21.5 Å². The highest BCUT2D eigenvalue weighted by molar-refractivity contribution is 7.10. The number of nitrogens with zero attached hydrogens (tertiary/aromatic N) is 4. The highest BCUT2D eigenvalue weighted by atomic mass is 32.1. The Balaban J connectivity index is 1.45. The van der Waals surface area contributed by atoms with Gasteiger partial charge in [0, 0.05) is 37.6 Å². The Morgan fingerprint density at radius 3 is 3.04 bits per heavy atom. The molecule has 2 aromatic rings. The minimum atomic E-state index is -0.184. The van der Waals surface area contributed by atoms with Gasteiger partial charge in [0.1, 0.15) is 6.33 Å². The number of aromatic nitrogens is 3. The van der Waals surface area contributed by atoms with Crippen LogP contribution in [-0.4, -0.2) is 44.8 Å². The van der Waals surface area contributed by atoms with Crippen molar-refractivity contribution in [2.45, 2.75) is 38.9 Å². The normalized spacial score (nSPS) is 17.1. The second-order valence-electron chi connectivity index (χ2n) is 6.31. The van der Waals surface area contributed by atoms with Crippen molar-refractivity contribution in [1.29, 1.82) is 0 Å². The topological polar surface area (TPSA) is 75.1 Å². The molecule has 2 unspecified atom stereocenters. The number of amides is 2. The van der Waals surface area contributed by atoms with Gasteiger partial charge in [-0.3, -0.25) is 4.90 Å². The molecule has 2 amide bonds. The summed E-state index contributed by atoms with van der Waals surface area (Å²) in [6, 6.07) is 2.15. The maximum absolute atomic E-state index is 12.1. The van der Waals surface area contributed by atoms with E-state index in [0.29, 0.717) is 12.6 Å². The van der Waals surface area contributed by atoms with E-state index in [1.165, 1.54) is 10.4 Å². The van der Waals surface area contributed by atoms with Crippen molar-refractivity contribution in [2.24, 2.45) is 7.05 Å². The molecular weight excluding hydrogens is 324 g/mol. The van der Waals surface area contributed by atoms with E-state index in [-0.39, 0.29) is 12.1 Å². The van der Waals surface area contributed by atoms with Crippen LogP contribution in [0.25, 0.3) is 0 Å². The van der Waals surface area contributed by atoms with Crippen LogP contribution in [0.5, 0.6) is 0 Å². The molecule has 8 heteroatoms. The summed E-state index contributed by atoms with van der Waals surface area (Å²) in [6.07, 6.45) is 2.73. The van der Waals surface area contributed by atoms with Crippen LogP contribution in [0.2, 0.25) is 0 Å². The lowest BCUT2D eigenvalue weighted by atomic mass is 10.1. The fourth-order valence-corrected chi connectivity index (χ4v) is 3.90. The number of thiophene rings is 1. The number of nitrogens with one attached hydrogen (secondary N) is 2. The molecule has 1 aliphatic heterocycles. The van der Waals surface area contributed by atoms with E-state index in [0.717, 1.165) is 25.3 Å². The summed E-state index contributed by atoms with van der Waals surface area (Å²) in [5, 5.41) is 15.9. The van der Waals surface area contributed by atoms with Crippen molar-refractivity contribution in [1.82, 2.24) is 30.3 Å². The molecule has 0 radical (unpaired) electrons. The predicted octanol–water partition coefficient (Wildman–Crippen LogP) is 1.68. The fourth-order valence-electron chi connectivity index (χ4n) is 3.01. The Morgan fingerprint density at radius 1 is 1.46 bits per heavy atom. The summed E-state index contributed by atoms with van der Waals surface area (Å²) < 4.78 is 1.81. The number of hydrogen-bond acceptors (Lipinski definition) is 5. The number of urea groups is 1. The van der Waals surface area contributed by atoms with Gasteiger partial charge in [-0.05, 0) is 37.3 Å². The first-order chi connectivity index (χ1) is 11.5. The zero-order chi connectivity index (χ0) is 17.1. The molecule has 7 nitrogen and oxygen atoms in total. The van der Waals surface area contributed by atoms with Crippen molar-refractivity contribution >= 4 is 17.4 Å². The highest BCUT2D eigenvalue weighted by Gasteiger charge is 2.22. The lowest BCUT2D eigenvalue weighted by Gasteiger charge is -2.32. The van der Waals surface area contributed by atoms with Crippen LogP contribution in [0, 0.1) is 0 Å². The summed E-state index contributed by atoms with van der Waals surface area (Å²) in [7, 11) is 1.86. The number of hydrogen-bond donors (Lipinski definition) is 2. The van der Waals surface area contributed by atoms with Crippen LogP contribution in [0.4, 0.5) is 4.79 Å². The first-order valence-electron chi connectivity index (χ1n) is 8.22. The van der Waals surface area contributed by atoms with Crippen molar-refractivity contribution < 1.29 is 4.79 Å². The van der Waals surface area contributed by atoms with Gasteiger partial charge in [0.2, 0.25) is 0 Å². The van der Waals surface area contributed by atoms with E-state index in [1.54, 1.807) is 10.9 Å². The van der Waals surface area contributed by atoms with Crippen LogP contribution in [0.3, 0.4) is 0 Å². The molecule has 1 aliphatic rings. The smallest absolute Gasteiger partial charge is 0.315 e. The number of rotatable bonds is 5. The van der Waals surface area contributed by atoms with Crippen LogP contribution in [-0.2, 0) is 20.0 Å². The van der Waals surface area contributed by atoms with E-state index in [2.05, 4.69) is 44.1 Å². The van der Waals surface area contributed by atoms with Crippen molar-refractivity contribution in [3.8, 4) is 0 Å². The van der Waals surface area contributed by atoms with Gasteiger partial charge in [-0.2, -0.15) is 0 Å². The maximum Gasteiger partial charge on any atom is 0.315 e. The summed E-state index contributed by atoms with van der Waals surface area (Å²) >= 11 is 1.84. The summed E-state index contributed by atoms with van der Waals surface area (Å²) in [5.74, 6) is 0.735. The molecular formula is C16H24N6OS. The molecule has 2 N–H and O–H groups in total. The third-order valence-corrected chi connectivity index (χ3v) is 5.52. The monoisotopic (exact) mass is 348 g/mol. The van der Waals surface area contributed by atoms with Gasteiger partial charge in [-0.1, -0.05) is 0 Å². The van der Waals surface area contributed by atoms with E-state index < -0.39 is 0 Å². The minimum Gasteiger partial charge on any atom is -0.337 e. The molecule has 130 valence electrons. The van der Waals surface area contributed by atoms with Gasteiger partial charge in [-0.25, -0.2) is 4.79 Å². The molecule has 0 aliphatic carbocycles. The largest absolute Gasteiger partial charge is 0.337 e. The van der Waals surface area contributed by atoms with Gasteiger partial charge in [0.15, 0.2) is 5.82 Å². The van der Waals surface area contributed by atoms with Crippen LogP contribution < -0.4 is 10.6 Å². The van der Waals surface area contributed by atoms with Gasteiger partial charge in [0.05, 0.1) is 6.04 Å². The number of carbonyl (C=O) groups is 1. The summed E-state index contributed by atoms with van der Waals surface area (Å²) in [5.41, 5.74) is 1.43. The van der Waals surface area contributed by atoms with Crippen molar-refractivity contribution in [3.05, 3.63) is 34.0 Å². The van der Waals surface area contributed by atoms with Crippen LogP contribution in [0.1, 0.15) is 36.2 Å². The average molecular weight is 348 g/mol. The third kappa shape index (κ3) is 3.76. The van der Waals surface area contributed by atoms with Crippen molar-refractivity contribution in [2.75, 3.05) is 13.1 Å². The molecule has 0 bridgehead atoms. The predicted molar refractivity (Wildman–Crippen MR) is 93.8 cm³/mol. The second kappa shape index (κ2) is 7.31. The van der Waals surface area contributed by atoms with Gasteiger partial charge >= 0.3 is 6.03 Å². The Hall–Kier alpha value is -1.93. The number of fused-ring (bicyclic) bond motifs is 1. The molecule has 2 aromatic heterocycles. The molecule has 0 saturated carbocycles. The average Bonchev–Trinajstić information content (AvgIpc) is 3.20. The highest BCUT2D eigenvalue weighted by Crippen LogP contribution is 2.24. The zero-order valence-corrected chi connectivity index (χ0v) is 15.1. The van der Waals surface area contributed by atoms with Crippen LogP contribution >= 0.6 is 11.3 Å². The first kappa shape index (κ1) is 16.9. The Labute approximate surface area is 146 Å². The molecule has 0 aromatic carbocycles. The molecule has 0 fully saturated rings. The Bertz CT molecular complexity index is 696. The Morgan fingerprint density at radius 2 is 2.29 bits per heavy atom. The van der Waals surface area contributed by atoms with E-state index in [4.69, 9.17) is 0 Å². The molecule has 0 saturated heterocycles. The third-order valence-electron chi connectivity index (χ3n) is 4.50. The summed E-state index contributed by atoms with van der Waals surface area (Å²) in [6.45, 7) is 6.70. The minimum absolute atomic E-state index is 0.175. The molecule has 2 atom stereocenters. The second-order valence-corrected chi connectivity index (χ2v) is 7.32. The molecule has 0 spiro atoms. The molecule has 3 heterocycles. The number of carbonyl (C=O) groups excluding carboxylic acids is 1. The Kier molecular flexibility index (Phi) is 5.15. The molecule has 24 heavy (non-hydrogen) atoms. The first-order valence-corrected chi connectivity index (χ1v) is 9.10. The standard InChI is InChI=1S/C16H24N6OS/c1-11(22-6-4-14-13(9-22)5-7-24-14)8-17-16(23)19-12(2)15-20-18-10-21(15)3/h5,7,10-12H,4,6,8-9H2,1-3H3,(H2,17,19,23). The SMILES string of the molecule is CC(NC(=O)NCC(C)N1CCc2sccc2C1)c1nncn1C.